The predicted molar refractivity (Wildman–Crippen MR) is 106 cm³/mol. The van der Waals surface area contributed by atoms with Crippen molar-refractivity contribution in [3.8, 4) is 0 Å². The number of aromatic amines is 2. The fourth-order valence-corrected chi connectivity index (χ4v) is 4.62. The van der Waals surface area contributed by atoms with Gasteiger partial charge in [-0.1, -0.05) is 17.7 Å². The zero-order valence-corrected chi connectivity index (χ0v) is 15.8. The minimum absolute atomic E-state index is 0.152. The zero-order valence-electron chi connectivity index (χ0n) is 15.0. The Hall–Kier alpha value is -2.58. The Morgan fingerprint density at radius 3 is 2.63 bits per heavy atom. The number of nitrogens with zero attached hydrogens (tertiary/aromatic N) is 1. The van der Waals surface area contributed by atoms with Crippen LogP contribution in [0.15, 0.2) is 52.2 Å². The number of H-pyrrole nitrogens is 2. The number of hydrogen-bond donors (Lipinski definition) is 3. The molecule has 0 spiro atoms. The van der Waals surface area contributed by atoms with E-state index in [2.05, 4.69) is 50.8 Å². The van der Waals surface area contributed by atoms with Crippen LogP contribution in [0.3, 0.4) is 0 Å². The third-order valence-corrected chi connectivity index (χ3v) is 6.47. The molecule has 0 saturated carbocycles. The second-order valence-electron chi connectivity index (χ2n) is 7.07. The molecule has 3 N–H and O–H groups in total. The van der Waals surface area contributed by atoms with Gasteiger partial charge in [0.25, 0.3) is 0 Å². The molecule has 0 radical (unpaired) electrons. The number of aromatic nitrogens is 2. The number of nitrogens with one attached hydrogen (secondary N) is 3. The van der Waals surface area contributed by atoms with E-state index < -0.39 is 10.0 Å². The molecule has 1 atom stereocenters. The number of fused-ring (bicyclic) bond motifs is 1. The summed E-state index contributed by atoms with van der Waals surface area (Å²) >= 11 is 0. The summed E-state index contributed by atoms with van der Waals surface area (Å²) < 4.78 is 27.9. The molecular formula is C19H22N4O3S. The Balaban J connectivity index is 1.41. The summed E-state index contributed by atoms with van der Waals surface area (Å²) in [6.45, 7) is 4.21. The van der Waals surface area contributed by atoms with E-state index in [1.165, 1.54) is 23.4 Å². The predicted octanol–water partition coefficient (Wildman–Crippen LogP) is 1.97. The summed E-state index contributed by atoms with van der Waals surface area (Å²) in [4.78, 5) is 19.0. The highest BCUT2D eigenvalue weighted by atomic mass is 32.2. The van der Waals surface area contributed by atoms with Crippen LogP contribution in [0.2, 0.25) is 0 Å². The molecule has 3 aromatic rings. The minimum Gasteiger partial charge on any atom is -0.371 e. The first-order valence-electron chi connectivity index (χ1n) is 8.94. The highest BCUT2D eigenvalue weighted by Gasteiger charge is 2.25. The molecule has 0 aliphatic carbocycles. The molecule has 0 amide bonds. The van der Waals surface area contributed by atoms with Gasteiger partial charge in [-0.3, -0.25) is 0 Å². The van der Waals surface area contributed by atoms with Gasteiger partial charge in [-0.15, -0.1) is 0 Å². The Labute approximate surface area is 157 Å². The van der Waals surface area contributed by atoms with Gasteiger partial charge in [0, 0.05) is 25.3 Å². The molecule has 1 aliphatic heterocycles. The van der Waals surface area contributed by atoms with E-state index in [0.29, 0.717) is 17.6 Å². The van der Waals surface area contributed by atoms with Crippen LogP contribution in [-0.2, 0) is 10.0 Å². The zero-order chi connectivity index (χ0) is 19.0. The van der Waals surface area contributed by atoms with Gasteiger partial charge in [0.1, 0.15) is 0 Å². The number of hydrogen-bond acceptors (Lipinski definition) is 4. The molecule has 27 heavy (non-hydrogen) atoms. The van der Waals surface area contributed by atoms with Crippen LogP contribution in [0, 0.1) is 12.8 Å². The lowest BCUT2D eigenvalue weighted by Crippen LogP contribution is -2.31. The third kappa shape index (κ3) is 3.77. The van der Waals surface area contributed by atoms with E-state index in [0.717, 1.165) is 19.5 Å². The molecule has 142 valence electrons. The molecule has 2 aromatic carbocycles. The van der Waals surface area contributed by atoms with Gasteiger partial charge in [0.2, 0.25) is 10.0 Å². The standard InChI is InChI=1S/C19H22N4O3S/c1-13-2-4-15(5-3-13)23-9-8-14(12-23)11-20-27(25,26)16-6-7-17-18(10-16)22-19(24)21-17/h2-7,10,14,20H,8-9,11-12H2,1H3,(H2,21,22,24). The highest BCUT2D eigenvalue weighted by Crippen LogP contribution is 2.24. The fraction of sp³-hybridized carbons (Fsp3) is 0.316. The van der Waals surface area contributed by atoms with E-state index in [-0.39, 0.29) is 16.5 Å². The van der Waals surface area contributed by atoms with Crippen LogP contribution in [0.4, 0.5) is 5.69 Å². The fourth-order valence-electron chi connectivity index (χ4n) is 3.48. The van der Waals surface area contributed by atoms with Gasteiger partial charge in [0.05, 0.1) is 15.9 Å². The highest BCUT2D eigenvalue weighted by molar-refractivity contribution is 7.89. The van der Waals surface area contributed by atoms with Crippen LogP contribution >= 0.6 is 0 Å². The Morgan fingerprint density at radius 1 is 1.11 bits per heavy atom. The number of anilines is 1. The van der Waals surface area contributed by atoms with Crippen molar-refractivity contribution in [2.24, 2.45) is 5.92 Å². The van der Waals surface area contributed by atoms with E-state index >= 15 is 0 Å². The summed E-state index contributed by atoms with van der Waals surface area (Å²) in [5.74, 6) is 0.261. The van der Waals surface area contributed by atoms with Crippen molar-refractivity contribution in [2.75, 3.05) is 24.5 Å². The van der Waals surface area contributed by atoms with Crippen molar-refractivity contribution in [1.29, 1.82) is 0 Å². The summed E-state index contributed by atoms with van der Waals surface area (Å²) in [6, 6.07) is 13.0. The van der Waals surface area contributed by atoms with Gasteiger partial charge >= 0.3 is 5.69 Å². The number of benzene rings is 2. The molecule has 7 nitrogen and oxygen atoms in total. The minimum atomic E-state index is -3.62. The first kappa shape index (κ1) is 17.8. The van der Waals surface area contributed by atoms with Crippen LogP contribution in [0.25, 0.3) is 11.0 Å². The molecule has 1 fully saturated rings. The molecule has 4 rings (SSSR count). The van der Waals surface area contributed by atoms with Crippen molar-refractivity contribution < 1.29 is 8.42 Å². The largest absolute Gasteiger partial charge is 0.371 e. The Kier molecular flexibility index (Phi) is 4.53. The van der Waals surface area contributed by atoms with Gasteiger partial charge in [-0.2, -0.15) is 0 Å². The lowest BCUT2D eigenvalue weighted by molar-refractivity contribution is 0.541. The van der Waals surface area contributed by atoms with Gasteiger partial charge < -0.3 is 14.9 Å². The number of rotatable bonds is 5. The second kappa shape index (κ2) is 6.86. The molecular weight excluding hydrogens is 364 g/mol. The molecule has 1 aliphatic rings. The van der Waals surface area contributed by atoms with E-state index in [9.17, 15) is 13.2 Å². The van der Waals surface area contributed by atoms with Crippen molar-refractivity contribution in [2.45, 2.75) is 18.2 Å². The van der Waals surface area contributed by atoms with Gasteiger partial charge in [0.15, 0.2) is 0 Å². The quantitative estimate of drug-likeness (QED) is 0.624. The van der Waals surface area contributed by atoms with Crippen LogP contribution in [-0.4, -0.2) is 38.0 Å². The number of imidazole rings is 1. The Bertz CT molecular complexity index is 1120. The summed E-state index contributed by atoms with van der Waals surface area (Å²) in [5.41, 5.74) is 3.11. The average Bonchev–Trinajstić information content (AvgIpc) is 3.25. The van der Waals surface area contributed by atoms with Crippen molar-refractivity contribution in [3.63, 3.8) is 0 Å². The maximum atomic E-state index is 12.6. The molecule has 8 heteroatoms. The average molecular weight is 386 g/mol. The molecule has 2 heterocycles. The monoisotopic (exact) mass is 386 g/mol. The van der Waals surface area contributed by atoms with Crippen LogP contribution in [0.1, 0.15) is 12.0 Å². The van der Waals surface area contributed by atoms with E-state index in [1.54, 1.807) is 6.07 Å². The van der Waals surface area contributed by atoms with Crippen molar-refractivity contribution in [3.05, 3.63) is 58.5 Å². The SMILES string of the molecule is Cc1ccc(N2CCC(CNS(=O)(=O)c3ccc4[nH]c(=O)[nH]c4c3)C2)cc1. The normalized spacial score (nSPS) is 17.7. The van der Waals surface area contributed by atoms with Crippen molar-refractivity contribution >= 4 is 26.7 Å². The van der Waals surface area contributed by atoms with Crippen LogP contribution in [0.5, 0.6) is 0 Å². The van der Waals surface area contributed by atoms with Gasteiger partial charge in [-0.05, 0) is 49.6 Å². The summed E-state index contributed by atoms with van der Waals surface area (Å²) in [7, 11) is -3.62. The summed E-state index contributed by atoms with van der Waals surface area (Å²) in [5, 5.41) is 0. The lowest BCUT2D eigenvalue weighted by Gasteiger charge is -2.19. The maximum Gasteiger partial charge on any atom is 0.323 e. The smallest absolute Gasteiger partial charge is 0.323 e. The maximum absolute atomic E-state index is 12.6. The lowest BCUT2D eigenvalue weighted by atomic mass is 10.1. The Morgan fingerprint density at radius 2 is 1.85 bits per heavy atom. The second-order valence-corrected chi connectivity index (χ2v) is 8.84. The number of sulfonamides is 1. The number of aryl methyl sites for hydroxylation is 1. The first-order chi connectivity index (χ1) is 12.9. The van der Waals surface area contributed by atoms with E-state index in [1.807, 2.05) is 0 Å². The topological polar surface area (TPSA) is 98.1 Å². The van der Waals surface area contributed by atoms with Crippen LogP contribution < -0.4 is 15.3 Å². The summed E-state index contributed by atoms with van der Waals surface area (Å²) in [6.07, 6.45) is 0.945. The van der Waals surface area contributed by atoms with Crippen molar-refractivity contribution in [1.82, 2.24) is 14.7 Å². The first-order valence-corrected chi connectivity index (χ1v) is 10.4. The third-order valence-electron chi connectivity index (χ3n) is 5.04. The molecule has 1 aromatic heterocycles. The molecule has 1 saturated heterocycles. The van der Waals surface area contributed by atoms with Gasteiger partial charge in [-0.25, -0.2) is 17.9 Å². The molecule has 0 bridgehead atoms. The van der Waals surface area contributed by atoms with E-state index in [4.69, 9.17) is 0 Å². The molecule has 1 unspecified atom stereocenters.